The Morgan fingerprint density at radius 2 is 2.07 bits per heavy atom. The van der Waals surface area contributed by atoms with Crippen molar-refractivity contribution in [3.8, 4) is 0 Å². The van der Waals surface area contributed by atoms with E-state index in [1.165, 1.54) is 29.7 Å². The average molecular weight is 397 g/mol. The van der Waals surface area contributed by atoms with Crippen molar-refractivity contribution in [2.45, 2.75) is 45.6 Å². The number of nitrogens with one attached hydrogen (secondary N) is 1. The van der Waals surface area contributed by atoms with Crippen LogP contribution in [-0.2, 0) is 6.42 Å². The fourth-order valence-corrected chi connectivity index (χ4v) is 4.96. The molecule has 0 saturated carbocycles. The van der Waals surface area contributed by atoms with Crippen LogP contribution in [0.4, 0.5) is 0 Å². The molecule has 4 nitrogen and oxygen atoms in total. The van der Waals surface area contributed by atoms with Gasteiger partial charge in [0.1, 0.15) is 5.58 Å². The lowest BCUT2D eigenvalue weighted by molar-refractivity contribution is 0.0899. The summed E-state index contributed by atoms with van der Waals surface area (Å²) in [6.45, 7) is 6.91. The number of hydrogen-bond acceptors (Lipinski definition) is 4. The second-order valence-electron chi connectivity index (χ2n) is 7.58. The Bertz CT molecular complexity index is 939. The molecule has 148 valence electrons. The van der Waals surface area contributed by atoms with Crippen molar-refractivity contribution in [1.82, 2.24) is 10.2 Å². The van der Waals surface area contributed by atoms with Crippen LogP contribution in [0.15, 0.2) is 40.1 Å². The van der Waals surface area contributed by atoms with Crippen LogP contribution < -0.4 is 5.32 Å². The van der Waals surface area contributed by atoms with Gasteiger partial charge in [-0.25, -0.2) is 0 Å². The zero-order valence-corrected chi connectivity index (χ0v) is 17.5. The summed E-state index contributed by atoms with van der Waals surface area (Å²) in [7, 11) is 0. The molecule has 1 fully saturated rings. The molecule has 1 aliphatic rings. The number of hydrogen-bond donors (Lipinski definition) is 1. The van der Waals surface area contributed by atoms with E-state index < -0.39 is 0 Å². The molecule has 1 amide bonds. The maximum Gasteiger partial charge on any atom is 0.287 e. The number of fused-ring (bicyclic) bond motifs is 1. The van der Waals surface area contributed by atoms with Gasteiger partial charge in [0, 0.05) is 22.4 Å². The van der Waals surface area contributed by atoms with Gasteiger partial charge >= 0.3 is 0 Å². The number of benzene rings is 1. The highest BCUT2D eigenvalue weighted by Gasteiger charge is 2.25. The number of furan rings is 1. The minimum absolute atomic E-state index is 0.120. The molecule has 3 aromatic rings. The third-order valence-electron chi connectivity index (χ3n) is 5.77. The van der Waals surface area contributed by atoms with Crippen molar-refractivity contribution in [2.24, 2.45) is 0 Å². The van der Waals surface area contributed by atoms with Gasteiger partial charge in [-0.2, -0.15) is 0 Å². The Labute approximate surface area is 170 Å². The van der Waals surface area contributed by atoms with E-state index in [1.807, 2.05) is 13.0 Å². The summed E-state index contributed by atoms with van der Waals surface area (Å²) in [5.41, 5.74) is 2.96. The molecule has 1 N–H and O–H groups in total. The van der Waals surface area contributed by atoms with E-state index in [2.05, 4.69) is 46.8 Å². The molecule has 2 aromatic heterocycles. The summed E-state index contributed by atoms with van der Waals surface area (Å²) < 4.78 is 5.91. The highest BCUT2D eigenvalue weighted by molar-refractivity contribution is 7.10. The van der Waals surface area contributed by atoms with E-state index in [-0.39, 0.29) is 11.9 Å². The van der Waals surface area contributed by atoms with Crippen LogP contribution in [0.25, 0.3) is 11.0 Å². The minimum atomic E-state index is -0.120. The van der Waals surface area contributed by atoms with Gasteiger partial charge in [0.05, 0.1) is 6.04 Å². The maximum absolute atomic E-state index is 12.9. The summed E-state index contributed by atoms with van der Waals surface area (Å²) in [6.07, 6.45) is 4.74. The van der Waals surface area contributed by atoms with Gasteiger partial charge in [0.25, 0.3) is 5.91 Å². The van der Waals surface area contributed by atoms with Gasteiger partial charge in [0.15, 0.2) is 5.76 Å². The minimum Gasteiger partial charge on any atom is -0.451 e. The van der Waals surface area contributed by atoms with Gasteiger partial charge in [0.2, 0.25) is 0 Å². The number of carbonyl (C=O) groups is 1. The standard InChI is InChI=1S/C23H28N2O2S/c1-3-17-9-10-20-18(14-17)16(2)22(27-20)23(26)24-15-19(21-8-7-13-28-21)25-11-5-4-6-12-25/h7-10,13-14,19H,3-6,11-12,15H2,1-2H3,(H,24,26)/t19-/m1/s1. The molecule has 0 radical (unpaired) electrons. The Balaban J connectivity index is 1.52. The van der Waals surface area contributed by atoms with E-state index in [4.69, 9.17) is 4.42 Å². The van der Waals surface area contributed by atoms with Crippen molar-refractivity contribution in [3.05, 3.63) is 57.5 Å². The van der Waals surface area contributed by atoms with Crippen LogP contribution in [-0.4, -0.2) is 30.4 Å². The van der Waals surface area contributed by atoms with E-state index in [1.54, 1.807) is 11.3 Å². The Kier molecular flexibility index (Phi) is 5.83. The van der Waals surface area contributed by atoms with Crippen LogP contribution in [0, 0.1) is 6.92 Å². The van der Waals surface area contributed by atoms with Gasteiger partial charge in [-0.1, -0.05) is 25.5 Å². The Hall–Kier alpha value is -2.11. The van der Waals surface area contributed by atoms with Gasteiger partial charge in [-0.05, 0) is 68.4 Å². The summed E-state index contributed by atoms with van der Waals surface area (Å²) in [5.74, 6) is 0.317. The van der Waals surface area contributed by atoms with Gasteiger partial charge < -0.3 is 9.73 Å². The number of rotatable bonds is 6. The molecular weight excluding hydrogens is 368 g/mol. The summed E-state index contributed by atoms with van der Waals surface area (Å²) in [5, 5.41) is 6.30. The van der Waals surface area contributed by atoms with Crippen molar-refractivity contribution >= 4 is 28.2 Å². The first-order valence-electron chi connectivity index (χ1n) is 10.2. The van der Waals surface area contributed by atoms with E-state index in [9.17, 15) is 4.79 Å². The number of amides is 1. The van der Waals surface area contributed by atoms with E-state index in [0.717, 1.165) is 36.0 Å². The van der Waals surface area contributed by atoms with Crippen LogP contribution >= 0.6 is 11.3 Å². The molecule has 0 aliphatic carbocycles. The highest BCUT2D eigenvalue weighted by atomic mass is 32.1. The smallest absolute Gasteiger partial charge is 0.287 e. The molecule has 0 bridgehead atoms. The van der Waals surface area contributed by atoms with Crippen LogP contribution in [0.5, 0.6) is 0 Å². The molecule has 1 aliphatic heterocycles. The summed E-state index contributed by atoms with van der Waals surface area (Å²) in [6, 6.07) is 10.7. The molecule has 1 atom stereocenters. The first-order chi connectivity index (χ1) is 13.7. The first kappa shape index (κ1) is 19.2. The molecule has 5 heteroatoms. The number of piperidine rings is 1. The number of thiophene rings is 1. The van der Waals surface area contributed by atoms with Gasteiger partial charge in [-0.15, -0.1) is 11.3 Å². The molecule has 0 spiro atoms. The Morgan fingerprint density at radius 1 is 1.25 bits per heavy atom. The molecule has 4 rings (SSSR count). The van der Waals surface area contributed by atoms with Crippen molar-refractivity contribution in [1.29, 1.82) is 0 Å². The average Bonchev–Trinajstić information content (AvgIpc) is 3.37. The third-order valence-corrected chi connectivity index (χ3v) is 6.75. The second kappa shape index (κ2) is 8.50. The molecule has 28 heavy (non-hydrogen) atoms. The molecule has 0 unspecified atom stereocenters. The second-order valence-corrected chi connectivity index (χ2v) is 8.56. The zero-order valence-electron chi connectivity index (χ0n) is 16.7. The number of carbonyl (C=O) groups excluding carboxylic acids is 1. The summed E-state index contributed by atoms with van der Waals surface area (Å²) >= 11 is 1.77. The number of likely N-dealkylation sites (tertiary alicyclic amines) is 1. The van der Waals surface area contributed by atoms with Crippen molar-refractivity contribution in [3.63, 3.8) is 0 Å². The predicted molar refractivity (Wildman–Crippen MR) is 115 cm³/mol. The molecule has 1 saturated heterocycles. The monoisotopic (exact) mass is 396 g/mol. The zero-order chi connectivity index (χ0) is 19.5. The SMILES string of the molecule is CCc1ccc2oc(C(=O)NC[C@H](c3cccs3)N3CCCCC3)c(C)c2c1. The van der Waals surface area contributed by atoms with Crippen LogP contribution in [0.2, 0.25) is 0 Å². The number of aryl methyl sites for hydroxylation is 2. The van der Waals surface area contributed by atoms with E-state index in [0.29, 0.717) is 12.3 Å². The molecule has 1 aromatic carbocycles. The topological polar surface area (TPSA) is 45.5 Å². The normalized spacial score (nSPS) is 16.4. The third kappa shape index (κ3) is 3.87. The fourth-order valence-electron chi connectivity index (χ4n) is 4.09. The van der Waals surface area contributed by atoms with Crippen LogP contribution in [0.1, 0.15) is 58.8 Å². The number of nitrogens with zero attached hydrogens (tertiary/aromatic N) is 1. The fraction of sp³-hybridized carbons (Fsp3) is 0.435. The van der Waals surface area contributed by atoms with Gasteiger partial charge in [-0.3, -0.25) is 9.69 Å². The van der Waals surface area contributed by atoms with Crippen LogP contribution in [0.3, 0.4) is 0 Å². The maximum atomic E-state index is 12.9. The lowest BCUT2D eigenvalue weighted by Gasteiger charge is -2.34. The Morgan fingerprint density at radius 3 is 2.79 bits per heavy atom. The van der Waals surface area contributed by atoms with E-state index >= 15 is 0 Å². The van der Waals surface area contributed by atoms with Crippen molar-refractivity contribution in [2.75, 3.05) is 19.6 Å². The lowest BCUT2D eigenvalue weighted by atomic mass is 10.1. The molecular formula is C23H28N2O2S. The molecule has 3 heterocycles. The lowest BCUT2D eigenvalue weighted by Crippen LogP contribution is -2.40. The quantitative estimate of drug-likeness (QED) is 0.613. The van der Waals surface area contributed by atoms with Crippen molar-refractivity contribution < 1.29 is 9.21 Å². The predicted octanol–water partition coefficient (Wildman–Crippen LogP) is 5.32. The summed E-state index contributed by atoms with van der Waals surface area (Å²) in [4.78, 5) is 16.8. The largest absolute Gasteiger partial charge is 0.451 e. The highest BCUT2D eigenvalue weighted by Crippen LogP contribution is 2.29. The first-order valence-corrected chi connectivity index (χ1v) is 11.1.